The lowest BCUT2D eigenvalue weighted by Crippen LogP contribution is -2.36. The van der Waals surface area contributed by atoms with Crippen molar-refractivity contribution >= 4 is 0 Å². The van der Waals surface area contributed by atoms with Crippen LogP contribution in [0.2, 0.25) is 0 Å². The van der Waals surface area contributed by atoms with Crippen LogP contribution in [0.1, 0.15) is 29.8 Å². The van der Waals surface area contributed by atoms with Gasteiger partial charge in [0.15, 0.2) is 5.82 Å². The molecule has 1 saturated heterocycles. The summed E-state index contributed by atoms with van der Waals surface area (Å²) < 4.78 is 28.8. The molecule has 1 aromatic heterocycles. The lowest BCUT2D eigenvalue weighted by Gasteiger charge is -2.31. The van der Waals surface area contributed by atoms with Crippen LogP contribution in [0, 0.1) is 31.4 Å². The summed E-state index contributed by atoms with van der Waals surface area (Å²) in [4.78, 5) is 2.31. The third-order valence-electron chi connectivity index (χ3n) is 4.82. The first-order chi connectivity index (χ1) is 11.5. The Morgan fingerprint density at radius 2 is 2.08 bits per heavy atom. The molecule has 0 aliphatic carbocycles. The number of nitrogens with zero attached hydrogens (tertiary/aromatic N) is 3. The highest BCUT2D eigenvalue weighted by molar-refractivity contribution is 5.38. The van der Waals surface area contributed by atoms with Crippen LogP contribution in [0.15, 0.2) is 18.2 Å². The van der Waals surface area contributed by atoms with Crippen molar-refractivity contribution in [2.45, 2.75) is 33.2 Å². The normalized spacial score (nSPS) is 19.0. The van der Waals surface area contributed by atoms with E-state index >= 15 is 0 Å². The summed E-state index contributed by atoms with van der Waals surface area (Å²) >= 11 is 0. The zero-order chi connectivity index (χ0) is 17.3. The highest BCUT2D eigenvalue weighted by Crippen LogP contribution is 2.24. The molecule has 0 spiro atoms. The van der Waals surface area contributed by atoms with E-state index in [0.717, 1.165) is 55.5 Å². The standard InChI is InChI=1S/C18H23F2N3O/c1-12-16(10-22-7-3-4-14(9-22)11-24)13(2)23(21-12)18-6-5-15(19)8-17(18)20/h5-6,8,14,24H,3-4,7,9-11H2,1-2H3. The molecule has 1 N–H and O–H groups in total. The largest absolute Gasteiger partial charge is 0.396 e. The van der Waals surface area contributed by atoms with Crippen molar-refractivity contribution in [1.82, 2.24) is 14.7 Å². The Labute approximate surface area is 140 Å². The van der Waals surface area contributed by atoms with Crippen LogP contribution in [0.5, 0.6) is 0 Å². The number of halogens is 2. The SMILES string of the molecule is Cc1nn(-c2ccc(F)cc2F)c(C)c1CN1CCCC(CO)C1. The Balaban J connectivity index is 1.86. The Hall–Kier alpha value is -1.79. The molecule has 24 heavy (non-hydrogen) atoms. The number of benzene rings is 1. The number of aliphatic hydroxyl groups is 1. The fraction of sp³-hybridized carbons (Fsp3) is 0.500. The molecule has 6 heteroatoms. The molecule has 0 saturated carbocycles. The van der Waals surface area contributed by atoms with Gasteiger partial charge >= 0.3 is 0 Å². The van der Waals surface area contributed by atoms with Crippen molar-refractivity contribution < 1.29 is 13.9 Å². The molecule has 2 heterocycles. The summed E-state index contributed by atoms with van der Waals surface area (Å²) in [5.74, 6) is -0.893. The number of aliphatic hydroxyl groups excluding tert-OH is 1. The molecule has 1 fully saturated rings. The van der Waals surface area contributed by atoms with E-state index < -0.39 is 11.6 Å². The fourth-order valence-corrected chi connectivity index (χ4v) is 3.46. The molecule has 1 atom stereocenters. The summed E-state index contributed by atoms with van der Waals surface area (Å²) in [6.07, 6.45) is 2.13. The molecule has 130 valence electrons. The van der Waals surface area contributed by atoms with Gasteiger partial charge in [0, 0.05) is 37.0 Å². The molecule has 1 aliphatic heterocycles. The van der Waals surface area contributed by atoms with Crippen LogP contribution >= 0.6 is 0 Å². The number of aromatic nitrogens is 2. The maximum atomic E-state index is 14.1. The second kappa shape index (κ2) is 6.99. The monoisotopic (exact) mass is 335 g/mol. The molecule has 0 bridgehead atoms. The first-order valence-corrected chi connectivity index (χ1v) is 8.33. The van der Waals surface area contributed by atoms with Gasteiger partial charge in [0.05, 0.1) is 5.69 Å². The molecule has 3 rings (SSSR count). The van der Waals surface area contributed by atoms with Crippen molar-refractivity contribution in [2.75, 3.05) is 19.7 Å². The summed E-state index contributed by atoms with van der Waals surface area (Å²) in [5, 5.41) is 13.8. The fourth-order valence-electron chi connectivity index (χ4n) is 3.46. The van der Waals surface area contributed by atoms with Gasteiger partial charge in [-0.15, -0.1) is 0 Å². The second-order valence-corrected chi connectivity index (χ2v) is 6.58. The summed E-state index contributed by atoms with van der Waals surface area (Å²) in [7, 11) is 0. The number of likely N-dealkylation sites (tertiary alicyclic amines) is 1. The summed E-state index contributed by atoms with van der Waals surface area (Å²) in [5.41, 5.74) is 3.04. The van der Waals surface area contributed by atoms with E-state index in [0.29, 0.717) is 5.92 Å². The molecular weight excluding hydrogens is 312 g/mol. The smallest absolute Gasteiger partial charge is 0.151 e. The number of piperidine rings is 1. The zero-order valence-corrected chi connectivity index (χ0v) is 14.1. The minimum atomic E-state index is -0.620. The maximum Gasteiger partial charge on any atom is 0.151 e. The van der Waals surface area contributed by atoms with Crippen LogP contribution < -0.4 is 0 Å². The number of hydrogen-bond donors (Lipinski definition) is 1. The van der Waals surface area contributed by atoms with Crippen molar-refractivity contribution in [2.24, 2.45) is 5.92 Å². The predicted molar refractivity (Wildman–Crippen MR) is 88.0 cm³/mol. The minimum Gasteiger partial charge on any atom is -0.396 e. The molecular formula is C18H23F2N3O. The average molecular weight is 335 g/mol. The molecule has 1 aromatic carbocycles. The third kappa shape index (κ3) is 3.35. The zero-order valence-electron chi connectivity index (χ0n) is 14.1. The minimum absolute atomic E-state index is 0.217. The average Bonchev–Trinajstić information content (AvgIpc) is 2.83. The van der Waals surface area contributed by atoms with Gasteiger partial charge in [-0.25, -0.2) is 13.5 Å². The summed E-state index contributed by atoms with van der Waals surface area (Å²) in [6.45, 7) is 6.63. The molecule has 4 nitrogen and oxygen atoms in total. The number of aryl methyl sites for hydroxylation is 1. The first-order valence-electron chi connectivity index (χ1n) is 8.33. The van der Waals surface area contributed by atoms with Gasteiger partial charge in [-0.05, 0) is 51.3 Å². The molecule has 1 aliphatic rings. The lowest BCUT2D eigenvalue weighted by molar-refractivity contribution is 0.115. The van der Waals surface area contributed by atoms with Crippen LogP contribution in [0.3, 0.4) is 0 Å². The summed E-state index contributed by atoms with van der Waals surface area (Å²) in [6, 6.07) is 3.53. The van der Waals surface area contributed by atoms with Gasteiger partial charge in [-0.3, -0.25) is 4.90 Å². The Morgan fingerprint density at radius 3 is 2.79 bits per heavy atom. The Morgan fingerprint density at radius 1 is 1.29 bits per heavy atom. The van der Waals surface area contributed by atoms with Crippen LogP contribution in [-0.4, -0.2) is 39.5 Å². The Bertz CT molecular complexity index is 729. The van der Waals surface area contributed by atoms with Gasteiger partial charge in [-0.2, -0.15) is 5.10 Å². The van der Waals surface area contributed by atoms with Crippen LogP contribution in [0.25, 0.3) is 5.69 Å². The Kier molecular flexibility index (Phi) is 4.96. The van der Waals surface area contributed by atoms with Crippen molar-refractivity contribution in [3.8, 4) is 5.69 Å². The van der Waals surface area contributed by atoms with Gasteiger partial charge in [0.1, 0.15) is 11.5 Å². The number of rotatable bonds is 4. The van der Waals surface area contributed by atoms with E-state index in [1.165, 1.54) is 12.1 Å². The third-order valence-corrected chi connectivity index (χ3v) is 4.82. The number of hydrogen-bond acceptors (Lipinski definition) is 3. The van der Waals surface area contributed by atoms with Gasteiger partial charge in [-0.1, -0.05) is 0 Å². The topological polar surface area (TPSA) is 41.3 Å². The van der Waals surface area contributed by atoms with Gasteiger partial charge in [0.2, 0.25) is 0 Å². The quantitative estimate of drug-likeness (QED) is 0.934. The van der Waals surface area contributed by atoms with E-state index in [4.69, 9.17) is 0 Å². The highest BCUT2D eigenvalue weighted by Gasteiger charge is 2.22. The van der Waals surface area contributed by atoms with E-state index in [1.54, 1.807) is 4.68 Å². The van der Waals surface area contributed by atoms with Crippen molar-refractivity contribution in [1.29, 1.82) is 0 Å². The maximum absolute atomic E-state index is 14.1. The second-order valence-electron chi connectivity index (χ2n) is 6.58. The van der Waals surface area contributed by atoms with Gasteiger partial charge in [0.25, 0.3) is 0 Å². The van der Waals surface area contributed by atoms with E-state index in [1.807, 2.05) is 13.8 Å². The van der Waals surface area contributed by atoms with E-state index in [-0.39, 0.29) is 12.3 Å². The first kappa shape index (κ1) is 17.0. The van der Waals surface area contributed by atoms with E-state index in [9.17, 15) is 13.9 Å². The van der Waals surface area contributed by atoms with Crippen molar-refractivity contribution in [3.63, 3.8) is 0 Å². The molecule has 0 amide bonds. The van der Waals surface area contributed by atoms with E-state index in [2.05, 4.69) is 10.00 Å². The van der Waals surface area contributed by atoms with Crippen LogP contribution in [-0.2, 0) is 6.54 Å². The molecule has 1 unspecified atom stereocenters. The predicted octanol–water partition coefficient (Wildman–Crippen LogP) is 2.97. The van der Waals surface area contributed by atoms with Crippen molar-refractivity contribution in [3.05, 3.63) is 46.8 Å². The molecule has 2 aromatic rings. The van der Waals surface area contributed by atoms with Gasteiger partial charge < -0.3 is 5.11 Å². The molecule has 0 radical (unpaired) electrons. The van der Waals surface area contributed by atoms with Crippen LogP contribution in [0.4, 0.5) is 8.78 Å². The highest BCUT2D eigenvalue weighted by atomic mass is 19.1. The lowest BCUT2D eigenvalue weighted by atomic mass is 9.98.